The van der Waals surface area contributed by atoms with Crippen LogP contribution in [0.15, 0.2) is 24.3 Å². The predicted octanol–water partition coefficient (Wildman–Crippen LogP) is 2.19. The Hall–Kier alpha value is -1.06. The van der Waals surface area contributed by atoms with Crippen molar-refractivity contribution in [3.8, 4) is 5.75 Å². The Morgan fingerprint density at radius 2 is 2.33 bits per heavy atom. The Kier molecular flexibility index (Phi) is 5.02. The summed E-state index contributed by atoms with van der Waals surface area (Å²) in [7, 11) is 0. The van der Waals surface area contributed by atoms with Gasteiger partial charge in [0.1, 0.15) is 5.75 Å². The summed E-state index contributed by atoms with van der Waals surface area (Å²) in [5, 5.41) is 0. The molecule has 2 N–H and O–H groups in total. The van der Waals surface area contributed by atoms with Crippen LogP contribution in [-0.4, -0.2) is 37.2 Å². The fourth-order valence-electron chi connectivity index (χ4n) is 2.70. The van der Waals surface area contributed by atoms with Crippen LogP contribution in [0.1, 0.15) is 24.8 Å². The van der Waals surface area contributed by atoms with Gasteiger partial charge >= 0.3 is 0 Å². The molecule has 0 saturated carbocycles. The molecular weight excluding hydrogens is 224 g/mol. The standard InChI is InChI=1S/C15H24N2O/c1-13-4-2-6-15(12-13)18-11-7-14-5-3-9-17(14)10-8-16/h2,4,6,12,14H,3,5,7-11,16H2,1H3. The molecule has 0 aromatic heterocycles. The van der Waals surface area contributed by atoms with Crippen LogP contribution in [0.25, 0.3) is 0 Å². The average molecular weight is 248 g/mol. The van der Waals surface area contributed by atoms with E-state index in [-0.39, 0.29) is 0 Å². The van der Waals surface area contributed by atoms with Gasteiger partial charge in [-0.05, 0) is 50.4 Å². The monoisotopic (exact) mass is 248 g/mol. The number of benzene rings is 1. The van der Waals surface area contributed by atoms with Crippen LogP contribution in [0.4, 0.5) is 0 Å². The third kappa shape index (κ3) is 3.72. The van der Waals surface area contributed by atoms with Crippen molar-refractivity contribution >= 4 is 0 Å². The molecule has 0 aliphatic carbocycles. The highest BCUT2D eigenvalue weighted by Crippen LogP contribution is 2.20. The van der Waals surface area contributed by atoms with Crippen molar-refractivity contribution in [3.63, 3.8) is 0 Å². The summed E-state index contributed by atoms with van der Waals surface area (Å²) in [5.41, 5.74) is 6.88. The first-order valence-electron chi connectivity index (χ1n) is 6.93. The maximum absolute atomic E-state index is 5.82. The van der Waals surface area contributed by atoms with E-state index < -0.39 is 0 Å². The smallest absolute Gasteiger partial charge is 0.119 e. The van der Waals surface area contributed by atoms with Crippen molar-refractivity contribution in [2.45, 2.75) is 32.2 Å². The molecule has 1 fully saturated rings. The number of nitrogens with two attached hydrogens (primary N) is 1. The minimum absolute atomic E-state index is 0.665. The van der Waals surface area contributed by atoms with Gasteiger partial charge in [-0.25, -0.2) is 0 Å². The zero-order chi connectivity index (χ0) is 12.8. The lowest BCUT2D eigenvalue weighted by atomic mass is 10.1. The topological polar surface area (TPSA) is 38.5 Å². The summed E-state index contributed by atoms with van der Waals surface area (Å²) in [6.07, 6.45) is 3.69. The quantitative estimate of drug-likeness (QED) is 0.838. The maximum atomic E-state index is 5.82. The van der Waals surface area contributed by atoms with Crippen LogP contribution in [0.2, 0.25) is 0 Å². The predicted molar refractivity (Wildman–Crippen MR) is 74.9 cm³/mol. The number of ether oxygens (including phenoxy) is 1. The van der Waals surface area contributed by atoms with Crippen LogP contribution >= 0.6 is 0 Å². The average Bonchev–Trinajstić information content (AvgIpc) is 2.78. The minimum Gasteiger partial charge on any atom is -0.494 e. The summed E-state index contributed by atoms with van der Waals surface area (Å²) < 4.78 is 5.82. The van der Waals surface area contributed by atoms with E-state index in [1.165, 1.54) is 24.9 Å². The Morgan fingerprint density at radius 1 is 1.44 bits per heavy atom. The number of hydrogen-bond donors (Lipinski definition) is 1. The molecule has 18 heavy (non-hydrogen) atoms. The fraction of sp³-hybridized carbons (Fsp3) is 0.600. The maximum Gasteiger partial charge on any atom is 0.119 e. The first-order chi connectivity index (χ1) is 8.79. The summed E-state index contributed by atoms with van der Waals surface area (Å²) in [6, 6.07) is 8.91. The van der Waals surface area contributed by atoms with E-state index in [0.717, 1.165) is 31.9 Å². The largest absolute Gasteiger partial charge is 0.494 e. The Morgan fingerprint density at radius 3 is 3.11 bits per heavy atom. The molecular formula is C15H24N2O. The van der Waals surface area contributed by atoms with Gasteiger partial charge in [-0.2, -0.15) is 0 Å². The van der Waals surface area contributed by atoms with Crippen molar-refractivity contribution < 1.29 is 4.74 Å². The zero-order valence-corrected chi connectivity index (χ0v) is 11.3. The Labute approximate surface area is 110 Å². The third-order valence-corrected chi connectivity index (χ3v) is 3.62. The number of nitrogens with zero attached hydrogens (tertiary/aromatic N) is 1. The van der Waals surface area contributed by atoms with E-state index in [1.54, 1.807) is 0 Å². The second kappa shape index (κ2) is 6.76. The number of hydrogen-bond acceptors (Lipinski definition) is 3. The van der Waals surface area contributed by atoms with Gasteiger partial charge in [0.05, 0.1) is 6.61 Å². The molecule has 3 heteroatoms. The molecule has 0 bridgehead atoms. The number of rotatable bonds is 6. The molecule has 1 aromatic rings. The van der Waals surface area contributed by atoms with Gasteiger partial charge in [-0.3, -0.25) is 4.90 Å². The van der Waals surface area contributed by atoms with Crippen LogP contribution in [-0.2, 0) is 0 Å². The van der Waals surface area contributed by atoms with Gasteiger partial charge in [0.15, 0.2) is 0 Å². The molecule has 1 saturated heterocycles. The number of aryl methyl sites for hydroxylation is 1. The molecule has 0 radical (unpaired) electrons. The van der Waals surface area contributed by atoms with Gasteiger partial charge in [-0.1, -0.05) is 12.1 Å². The second-order valence-corrected chi connectivity index (χ2v) is 5.07. The highest BCUT2D eigenvalue weighted by molar-refractivity contribution is 5.27. The summed E-state index contributed by atoms with van der Waals surface area (Å²) in [6.45, 7) is 5.87. The molecule has 1 heterocycles. The molecule has 1 aromatic carbocycles. The summed E-state index contributed by atoms with van der Waals surface area (Å²) in [4.78, 5) is 2.50. The Bertz CT molecular complexity index is 367. The van der Waals surface area contributed by atoms with Crippen molar-refractivity contribution in [1.82, 2.24) is 4.90 Å². The van der Waals surface area contributed by atoms with Gasteiger partial charge in [0, 0.05) is 19.1 Å². The molecule has 100 valence electrons. The van der Waals surface area contributed by atoms with E-state index in [9.17, 15) is 0 Å². The second-order valence-electron chi connectivity index (χ2n) is 5.07. The molecule has 0 spiro atoms. The molecule has 3 nitrogen and oxygen atoms in total. The molecule has 1 atom stereocenters. The lowest BCUT2D eigenvalue weighted by molar-refractivity contribution is 0.209. The van der Waals surface area contributed by atoms with Crippen molar-refractivity contribution in [2.24, 2.45) is 5.73 Å². The van der Waals surface area contributed by atoms with E-state index >= 15 is 0 Å². The normalized spacial score (nSPS) is 20.2. The zero-order valence-electron chi connectivity index (χ0n) is 11.3. The first kappa shape index (κ1) is 13.4. The van der Waals surface area contributed by atoms with E-state index in [2.05, 4.69) is 24.0 Å². The van der Waals surface area contributed by atoms with E-state index in [1.807, 2.05) is 12.1 Å². The summed E-state index contributed by atoms with van der Waals surface area (Å²) in [5.74, 6) is 0.985. The molecule has 0 amide bonds. The lowest BCUT2D eigenvalue weighted by Gasteiger charge is -2.23. The number of likely N-dealkylation sites (tertiary alicyclic amines) is 1. The molecule has 2 rings (SSSR count). The van der Waals surface area contributed by atoms with Gasteiger partial charge in [0.25, 0.3) is 0 Å². The Balaban J connectivity index is 1.74. The van der Waals surface area contributed by atoms with Crippen LogP contribution < -0.4 is 10.5 Å². The lowest BCUT2D eigenvalue weighted by Crippen LogP contribution is -2.34. The fourth-order valence-corrected chi connectivity index (χ4v) is 2.70. The first-order valence-corrected chi connectivity index (χ1v) is 6.93. The van der Waals surface area contributed by atoms with Crippen molar-refractivity contribution in [2.75, 3.05) is 26.2 Å². The molecule has 1 unspecified atom stereocenters. The van der Waals surface area contributed by atoms with Crippen molar-refractivity contribution in [1.29, 1.82) is 0 Å². The van der Waals surface area contributed by atoms with Crippen LogP contribution in [0.5, 0.6) is 5.75 Å². The van der Waals surface area contributed by atoms with Gasteiger partial charge in [0.2, 0.25) is 0 Å². The van der Waals surface area contributed by atoms with Crippen LogP contribution in [0, 0.1) is 6.92 Å². The minimum atomic E-state index is 0.665. The van der Waals surface area contributed by atoms with E-state index in [4.69, 9.17) is 10.5 Å². The highest BCUT2D eigenvalue weighted by atomic mass is 16.5. The SMILES string of the molecule is Cc1cccc(OCCC2CCCN2CCN)c1. The van der Waals surface area contributed by atoms with Crippen LogP contribution in [0.3, 0.4) is 0 Å². The third-order valence-electron chi connectivity index (χ3n) is 3.62. The highest BCUT2D eigenvalue weighted by Gasteiger charge is 2.23. The molecule has 1 aliphatic heterocycles. The van der Waals surface area contributed by atoms with E-state index in [0.29, 0.717) is 6.04 Å². The van der Waals surface area contributed by atoms with Gasteiger partial charge < -0.3 is 10.5 Å². The van der Waals surface area contributed by atoms with Crippen molar-refractivity contribution in [3.05, 3.63) is 29.8 Å². The molecule has 1 aliphatic rings. The summed E-state index contributed by atoms with van der Waals surface area (Å²) >= 11 is 0. The van der Waals surface area contributed by atoms with Gasteiger partial charge in [-0.15, -0.1) is 0 Å².